The number of ether oxygens (including phenoxy) is 1. The minimum Gasteiger partial charge on any atom is -0.487 e. The first-order valence-corrected chi connectivity index (χ1v) is 13.0. The van der Waals surface area contributed by atoms with Crippen molar-refractivity contribution in [3.63, 3.8) is 0 Å². The van der Waals surface area contributed by atoms with Crippen LogP contribution < -0.4 is 15.8 Å². The van der Waals surface area contributed by atoms with E-state index in [0.29, 0.717) is 11.5 Å². The summed E-state index contributed by atoms with van der Waals surface area (Å²) in [6.45, 7) is 12.2. The lowest BCUT2D eigenvalue weighted by atomic mass is 9.72. The number of nitrogens with two attached hydrogens (primary N) is 1. The minimum absolute atomic E-state index is 0.127. The van der Waals surface area contributed by atoms with Crippen LogP contribution in [0, 0.1) is 18.2 Å². The van der Waals surface area contributed by atoms with E-state index in [0.717, 1.165) is 30.7 Å². The van der Waals surface area contributed by atoms with E-state index in [1.807, 2.05) is 6.92 Å². The van der Waals surface area contributed by atoms with Gasteiger partial charge in [0, 0.05) is 18.0 Å². The molecule has 4 rings (SSSR count). The highest BCUT2D eigenvalue weighted by Crippen LogP contribution is 2.49. The van der Waals surface area contributed by atoms with Crippen LogP contribution in [0.15, 0.2) is 36.4 Å². The molecule has 1 heterocycles. The fourth-order valence-electron chi connectivity index (χ4n) is 4.56. The highest BCUT2D eigenvalue weighted by molar-refractivity contribution is 6.30. The molecular weight excluding hydrogens is 463 g/mol. The number of carbonyl (C=O) groups is 1. The largest absolute Gasteiger partial charge is 0.487 e. The number of carbonyl (C=O) groups excluding carboxylic acids is 1. The van der Waals surface area contributed by atoms with Gasteiger partial charge in [0.05, 0.1) is 5.02 Å². The zero-order chi connectivity index (χ0) is 26.1. The van der Waals surface area contributed by atoms with Crippen molar-refractivity contribution in [2.24, 2.45) is 11.1 Å². The van der Waals surface area contributed by atoms with Gasteiger partial charge in [0.15, 0.2) is 0 Å². The number of amides is 1. The molecule has 4 nitrogen and oxygen atoms in total. The second kappa shape index (κ2) is 13.3. The predicted octanol–water partition coefficient (Wildman–Crippen LogP) is 7.30. The van der Waals surface area contributed by atoms with Crippen molar-refractivity contribution in [3.05, 3.63) is 63.9 Å². The molecule has 1 fully saturated rings. The molecule has 35 heavy (non-hydrogen) atoms. The third kappa shape index (κ3) is 9.12. The van der Waals surface area contributed by atoms with Crippen LogP contribution in [-0.4, -0.2) is 18.6 Å². The van der Waals surface area contributed by atoms with Gasteiger partial charge < -0.3 is 15.8 Å². The van der Waals surface area contributed by atoms with Crippen LogP contribution in [0.4, 0.5) is 4.39 Å². The summed E-state index contributed by atoms with van der Waals surface area (Å²) in [5.74, 6) is 0.768. The topological polar surface area (TPSA) is 64.3 Å². The fourth-order valence-corrected chi connectivity index (χ4v) is 4.79. The number of rotatable bonds is 5. The quantitative estimate of drug-likeness (QED) is 0.331. The summed E-state index contributed by atoms with van der Waals surface area (Å²) in [6, 6.07) is 12.0. The van der Waals surface area contributed by atoms with Crippen molar-refractivity contribution >= 4 is 18.0 Å². The van der Waals surface area contributed by atoms with Gasteiger partial charge in [-0.3, -0.25) is 4.79 Å². The molecule has 2 aliphatic rings. The van der Waals surface area contributed by atoms with E-state index in [4.69, 9.17) is 21.1 Å². The summed E-state index contributed by atoms with van der Waals surface area (Å²) < 4.78 is 18.8. The van der Waals surface area contributed by atoms with Gasteiger partial charge in [0.1, 0.15) is 17.2 Å². The molecule has 0 aromatic heterocycles. The molecule has 0 bridgehead atoms. The standard InChI is InChI=1S/C21H33NO.C7H6ClF.CH3NO/c1-5-6-12-22-18-15-21(10-7-11-21)23-19-9-8-16(13-17(18)19)14-20(2,3)4;1-5-2-3-7(9)6(8)4-5;2-1-3/h8-9,13,18,22H,5-7,10-12,14-15H2,1-4H3;2-4H,1H3;1H,(H2,2,3). The van der Waals surface area contributed by atoms with E-state index in [-0.39, 0.29) is 22.9 Å². The number of unbranched alkanes of at least 4 members (excludes halogenated alkanes) is 1. The molecule has 2 aromatic rings. The second-order valence-corrected chi connectivity index (χ2v) is 11.3. The first kappa shape index (κ1) is 29.1. The van der Waals surface area contributed by atoms with Gasteiger partial charge in [-0.25, -0.2) is 4.39 Å². The normalized spacial score (nSPS) is 17.5. The summed E-state index contributed by atoms with van der Waals surface area (Å²) in [5, 5.41) is 4.00. The molecule has 194 valence electrons. The maximum absolute atomic E-state index is 12.4. The van der Waals surface area contributed by atoms with Gasteiger partial charge in [0.2, 0.25) is 6.41 Å². The Hall–Kier alpha value is -2.11. The van der Waals surface area contributed by atoms with Gasteiger partial charge in [-0.1, -0.05) is 63.9 Å². The number of nitrogens with one attached hydrogen (secondary N) is 1. The van der Waals surface area contributed by atoms with Crippen molar-refractivity contribution in [1.29, 1.82) is 0 Å². The lowest BCUT2D eigenvalue weighted by Crippen LogP contribution is -2.49. The lowest BCUT2D eigenvalue weighted by Gasteiger charge is -2.48. The first-order valence-electron chi connectivity index (χ1n) is 12.6. The molecule has 1 spiro atoms. The van der Waals surface area contributed by atoms with Crippen molar-refractivity contribution in [2.75, 3.05) is 6.54 Å². The van der Waals surface area contributed by atoms with Crippen molar-refractivity contribution in [1.82, 2.24) is 5.32 Å². The van der Waals surface area contributed by atoms with Crippen LogP contribution in [0.1, 0.15) is 89.0 Å². The Kier molecular flexibility index (Phi) is 11.0. The van der Waals surface area contributed by atoms with Crippen molar-refractivity contribution < 1.29 is 13.9 Å². The van der Waals surface area contributed by atoms with Crippen LogP contribution >= 0.6 is 11.6 Å². The molecule has 1 saturated carbocycles. The number of aryl methyl sites for hydroxylation is 1. The monoisotopic (exact) mass is 504 g/mol. The second-order valence-electron chi connectivity index (χ2n) is 10.9. The minimum atomic E-state index is -0.359. The third-order valence-corrected chi connectivity index (χ3v) is 6.64. The number of primary amides is 1. The number of halogens is 2. The summed E-state index contributed by atoms with van der Waals surface area (Å²) in [7, 11) is 0. The number of hydrogen-bond donors (Lipinski definition) is 2. The van der Waals surface area contributed by atoms with Gasteiger partial charge in [-0.2, -0.15) is 0 Å². The number of benzene rings is 2. The van der Waals surface area contributed by atoms with Crippen LogP contribution in [0.3, 0.4) is 0 Å². The summed E-state index contributed by atoms with van der Waals surface area (Å²) in [6.07, 6.45) is 8.78. The molecule has 6 heteroatoms. The van der Waals surface area contributed by atoms with E-state index in [1.165, 1.54) is 49.3 Å². The Labute approximate surface area is 215 Å². The van der Waals surface area contributed by atoms with E-state index in [9.17, 15) is 4.39 Å². The predicted molar refractivity (Wildman–Crippen MR) is 143 cm³/mol. The van der Waals surface area contributed by atoms with Gasteiger partial charge >= 0.3 is 0 Å². The lowest BCUT2D eigenvalue weighted by molar-refractivity contribution is -0.106. The summed E-state index contributed by atoms with van der Waals surface area (Å²) in [4.78, 5) is 8.58. The molecule has 2 aromatic carbocycles. The van der Waals surface area contributed by atoms with Gasteiger partial charge in [-0.15, -0.1) is 0 Å². The zero-order valence-corrected chi connectivity index (χ0v) is 22.7. The molecule has 0 saturated heterocycles. The number of fused-ring (bicyclic) bond motifs is 1. The first-order chi connectivity index (χ1) is 16.5. The molecule has 3 N–H and O–H groups in total. The van der Waals surface area contributed by atoms with E-state index in [2.05, 4.69) is 56.9 Å². The molecule has 0 radical (unpaired) electrons. The molecule has 1 atom stereocenters. The van der Waals surface area contributed by atoms with E-state index >= 15 is 0 Å². The highest BCUT2D eigenvalue weighted by atomic mass is 35.5. The van der Waals surface area contributed by atoms with Gasteiger partial charge in [0.25, 0.3) is 0 Å². The Bertz CT molecular complexity index is 954. The summed E-state index contributed by atoms with van der Waals surface area (Å²) in [5.41, 5.74) is 8.42. The molecule has 1 aliphatic carbocycles. The Morgan fingerprint density at radius 2 is 1.91 bits per heavy atom. The maximum Gasteiger partial charge on any atom is 0.204 e. The smallest absolute Gasteiger partial charge is 0.204 e. The Morgan fingerprint density at radius 3 is 2.43 bits per heavy atom. The summed E-state index contributed by atoms with van der Waals surface area (Å²) >= 11 is 5.44. The highest BCUT2D eigenvalue weighted by Gasteiger charge is 2.45. The van der Waals surface area contributed by atoms with Crippen LogP contribution in [0.5, 0.6) is 5.75 Å². The average molecular weight is 505 g/mol. The van der Waals surface area contributed by atoms with Crippen LogP contribution in [0.25, 0.3) is 0 Å². The van der Waals surface area contributed by atoms with Crippen LogP contribution in [0.2, 0.25) is 5.02 Å². The molecule has 1 aliphatic heterocycles. The fraction of sp³-hybridized carbons (Fsp3) is 0.552. The zero-order valence-electron chi connectivity index (χ0n) is 21.9. The van der Waals surface area contributed by atoms with Crippen molar-refractivity contribution in [2.45, 2.75) is 91.2 Å². The Balaban J connectivity index is 0.000000299. The van der Waals surface area contributed by atoms with Crippen LogP contribution in [-0.2, 0) is 11.2 Å². The molecular formula is C29H42ClFN2O2. The van der Waals surface area contributed by atoms with Gasteiger partial charge in [-0.05, 0) is 80.3 Å². The van der Waals surface area contributed by atoms with E-state index < -0.39 is 0 Å². The number of hydrogen-bond acceptors (Lipinski definition) is 3. The molecule has 1 unspecified atom stereocenters. The maximum atomic E-state index is 12.4. The average Bonchev–Trinajstić information content (AvgIpc) is 2.75. The molecule has 1 amide bonds. The third-order valence-electron chi connectivity index (χ3n) is 6.35. The Morgan fingerprint density at radius 1 is 1.23 bits per heavy atom. The van der Waals surface area contributed by atoms with Crippen molar-refractivity contribution in [3.8, 4) is 5.75 Å². The SMILES string of the molecule is CCCCNC1CC2(CCC2)Oc2ccc(CC(C)(C)C)cc21.Cc1ccc(F)c(Cl)c1.NC=O. The van der Waals surface area contributed by atoms with E-state index in [1.54, 1.807) is 12.1 Å².